The fourth-order valence-electron chi connectivity index (χ4n) is 1.90. The number of rotatable bonds is 12. The molecule has 0 heterocycles. The number of hydrogen-bond donors (Lipinski definition) is 3. The van der Waals surface area contributed by atoms with Crippen molar-refractivity contribution < 1.29 is 33.7 Å². The highest BCUT2D eigenvalue weighted by Gasteiger charge is 2.29. The topological polar surface area (TPSA) is 123 Å². The molecule has 0 saturated heterocycles. The maximum atomic E-state index is 12.6. The lowest BCUT2D eigenvalue weighted by Crippen LogP contribution is -2.54. The van der Waals surface area contributed by atoms with Gasteiger partial charge in [-0.3, -0.25) is 4.79 Å². The number of carbonyl (C=O) groups is 3. The van der Waals surface area contributed by atoms with Gasteiger partial charge >= 0.3 is 12.1 Å². The number of methoxy groups -OCH3 is 1. The van der Waals surface area contributed by atoms with Crippen LogP contribution in [-0.4, -0.2) is 79.2 Å². The van der Waals surface area contributed by atoms with E-state index in [1.165, 1.54) is 18.9 Å². The molecule has 2 unspecified atom stereocenters. The van der Waals surface area contributed by atoms with Gasteiger partial charge in [0, 0.05) is 18.1 Å². The lowest BCUT2D eigenvalue weighted by atomic mass is 10.2. The first kappa shape index (κ1) is 26.5. The number of aliphatic hydroxyl groups excluding tert-OH is 1. The van der Waals surface area contributed by atoms with Crippen LogP contribution in [-0.2, 0) is 23.8 Å². The molecule has 0 aliphatic heterocycles. The van der Waals surface area contributed by atoms with Crippen LogP contribution in [0, 0.1) is 5.92 Å². The highest BCUT2D eigenvalue weighted by molar-refractivity contribution is 7.99. The van der Waals surface area contributed by atoms with Gasteiger partial charge in [-0.05, 0) is 26.7 Å². The summed E-state index contributed by atoms with van der Waals surface area (Å²) < 4.78 is 15.3. The number of amides is 2. The van der Waals surface area contributed by atoms with Gasteiger partial charge in [0.05, 0.1) is 20.3 Å². The zero-order chi connectivity index (χ0) is 21.7. The first-order chi connectivity index (χ1) is 13.0. The van der Waals surface area contributed by atoms with Crippen molar-refractivity contribution in [2.24, 2.45) is 5.92 Å². The first-order valence-electron chi connectivity index (χ1n) is 9.14. The van der Waals surface area contributed by atoms with E-state index in [0.717, 1.165) is 0 Å². The van der Waals surface area contributed by atoms with E-state index in [0.29, 0.717) is 12.4 Å². The average Bonchev–Trinajstić information content (AvgIpc) is 2.57. The maximum Gasteiger partial charge on any atom is 0.408 e. The SMILES string of the molecule is COC(=O)C(COCC(C)C)NC(=O)C(CSCCO)NC(=O)OC(C)(C)C. The lowest BCUT2D eigenvalue weighted by Gasteiger charge is -2.24. The molecule has 10 heteroatoms. The summed E-state index contributed by atoms with van der Waals surface area (Å²) in [6.45, 7) is 9.38. The van der Waals surface area contributed by atoms with E-state index in [9.17, 15) is 14.4 Å². The van der Waals surface area contributed by atoms with Gasteiger partial charge in [-0.15, -0.1) is 0 Å². The summed E-state index contributed by atoms with van der Waals surface area (Å²) in [7, 11) is 1.22. The molecule has 0 aliphatic rings. The minimum atomic E-state index is -0.998. The predicted octanol–water partition coefficient (Wildman–Crippen LogP) is 0.936. The third-order valence-corrected chi connectivity index (χ3v) is 4.11. The van der Waals surface area contributed by atoms with Crippen LogP contribution in [0.4, 0.5) is 4.79 Å². The van der Waals surface area contributed by atoms with Crippen molar-refractivity contribution >= 4 is 29.7 Å². The molecule has 0 fully saturated rings. The summed E-state index contributed by atoms with van der Waals surface area (Å²) in [6.07, 6.45) is -0.747. The van der Waals surface area contributed by atoms with E-state index < -0.39 is 35.7 Å². The highest BCUT2D eigenvalue weighted by atomic mass is 32.2. The Labute approximate surface area is 171 Å². The number of esters is 1. The van der Waals surface area contributed by atoms with Gasteiger partial charge in [0.15, 0.2) is 6.04 Å². The molecule has 28 heavy (non-hydrogen) atoms. The molecule has 0 aromatic carbocycles. The number of ether oxygens (including phenoxy) is 3. The summed E-state index contributed by atoms with van der Waals surface area (Å²) >= 11 is 1.28. The Bertz CT molecular complexity index is 495. The van der Waals surface area contributed by atoms with Crippen LogP contribution in [0.15, 0.2) is 0 Å². The van der Waals surface area contributed by atoms with E-state index in [1.807, 2.05) is 13.8 Å². The molecule has 0 saturated carbocycles. The van der Waals surface area contributed by atoms with Crippen molar-refractivity contribution in [1.82, 2.24) is 10.6 Å². The lowest BCUT2D eigenvalue weighted by molar-refractivity contribution is -0.147. The van der Waals surface area contributed by atoms with Gasteiger partial charge in [-0.1, -0.05) is 13.8 Å². The largest absolute Gasteiger partial charge is 0.467 e. The molecule has 164 valence electrons. The number of nitrogens with one attached hydrogen (secondary N) is 2. The molecule has 0 radical (unpaired) electrons. The molecule has 0 bridgehead atoms. The number of thioether (sulfide) groups is 1. The third-order valence-electron chi connectivity index (χ3n) is 3.07. The molecule has 2 atom stereocenters. The molecule has 0 aromatic heterocycles. The molecule has 0 aliphatic carbocycles. The summed E-state index contributed by atoms with van der Waals surface area (Å²) in [5.41, 5.74) is -0.720. The Hall–Kier alpha value is -1.52. The van der Waals surface area contributed by atoms with Crippen LogP contribution in [0.5, 0.6) is 0 Å². The number of carbonyl (C=O) groups excluding carboxylic acids is 3. The summed E-state index contributed by atoms with van der Waals surface area (Å²) in [6, 6.07) is -1.95. The summed E-state index contributed by atoms with van der Waals surface area (Å²) in [5, 5.41) is 14.0. The van der Waals surface area contributed by atoms with Crippen LogP contribution in [0.2, 0.25) is 0 Å². The normalized spacial score (nSPS) is 13.6. The van der Waals surface area contributed by atoms with Crippen LogP contribution in [0.25, 0.3) is 0 Å². The van der Waals surface area contributed by atoms with Crippen LogP contribution in [0.1, 0.15) is 34.6 Å². The van der Waals surface area contributed by atoms with Crippen molar-refractivity contribution in [2.75, 3.05) is 38.4 Å². The zero-order valence-electron chi connectivity index (χ0n) is 17.6. The fraction of sp³-hybridized carbons (Fsp3) is 0.833. The Balaban J connectivity index is 5.02. The minimum absolute atomic E-state index is 0.0421. The number of alkyl carbamates (subject to hydrolysis) is 1. The van der Waals surface area contributed by atoms with E-state index in [4.69, 9.17) is 19.3 Å². The van der Waals surface area contributed by atoms with Crippen molar-refractivity contribution in [1.29, 1.82) is 0 Å². The summed E-state index contributed by atoms with van der Waals surface area (Å²) in [5.74, 6) is -0.342. The van der Waals surface area contributed by atoms with Gasteiger partial charge in [-0.2, -0.15) is 11.8 Å². The van der Waals surface area contributed by atoms with Crippen molar-refractivity contribution in [2.45, 2.75) is 52.3 Å². The standard InChI is InChI=1S/C18H34N2O7S/c1-12(2)9-26-10-13(16(23)25-6)19-15(22)14(11-28-8-7-21)20-17(24)27-18(3,4)5/h12-14,21H,7-11H2,1-6H3,(H,19,22)(H,20,24). The highest BCUT2D eigenvalue weighted by Crippen LogP contribution is 2.09. The van der Waals surface area contributed by atoms with Crippen LogP contribution in [0.3, 0.4) is 0 Å². The van der Waals surface area contributed by atoms with Crippen LogP contribution >= 0.6 is 11.8 Å². The van der Waals surface area contributed by atoms with E-state index in [-0.39, 0.29) is 24.9 Å². The quantitative estimate of drug-likeness (QED) is 0.314. The maximum absolute atomic E-state index is 12.6. The second kappa shape index (κ2) is 13.6. The van der Waals surface area contributed by atoms with Gasteiger partial charge in [0.1, 0.15) is 11.6 Å². The predicted molar refractivity (Wildman–Crippen MR) is 107 cm³/mol. The average molecular weight is 423 g/mol. The monoisotopic (exact) mass is 422 g/mol. The Morgan fingerprint density at radius 1 is 1.07 bits per heavy atom. The molecular formula is C18H34N2O7S. The molecule has 2 amide bonds. The second-order valence-corrected chi connectivity index (χ2v) is 8.66. The Morgan fingerprint density at radius 3 is 2.21 bits per heavy atom. The Kier molecular flexibility index (Phi) is 12.9. The van der Waals surface area contributed by atoms with Gasteiger partial charge in [0.25, 0.3) is 0 Å². The van der Waals surface area contributed by atoms with E-state index in [1.54, 1.807) is 20.8 Å². The van der Waals surface area contributed by atoms with Crippen molar-refractivity contribution in [3.05, 3.63) is 0 Å². The number of hydrogen-bond acceptors (Lipinski definition) is 8. The molecule has 0 aromatic rings. The van der Waals surface area contributed by atoms with Crippen molar-refractivity contribution in [3.8, 4) is 0 Å². The smallest absolute Gasteiger partial charge is 0.408 e. The molecular weight excluding hydrogens is 388 g/mol. The van der Waals surface area contributed by atoms with Crippen LogP contribution < -0.4 is 10.6 Å². The molecule has 9 nitrogen and oxygen atoms in total. The fourth-order valence-corrected chi connectivity index (χ4v) is 2.67. The van der Waals surface area contributed by atoms with Gasteiger partial charge < -0.3 is 30.0 Å². The molecule has 0 spiro atoms. The minimum Gasteiger partial charge on any atom is -0.467 e. The van der Waals surface area contributed by atoms with Gasteiger partial charge in [-0.25, -0.2) is 9.59 Å². The Morgan fingerprint density at radius 2 is 1.71 bits per heavy atom. The third kappa shape index (κ3) is 12.8. The zero-order valence-corrected chi connectivity index (χ0v) is 18.4. The van der Waals surface area contributed by atoms with E-state index in [2.05, 4.69) is 10.6 Å². The molecule has 0 rings (SSSR count). The molecule has 3 N–H and O–H groups in total. The van der Waals surface area contributed by atoms with Gasteiger partial charge in [0.2, 0.25) is 5.91 Å². The number of aliphatic hydroxyl groups is 1. The second-order valence-electron chi connectivity index (χ2n) is 7.51. The van der Waals surface area contributed by atoms with Crippen molar-refractivity contribution in [3.63, 3.8) is 0 Å². The summed E-state index contributed by atoms with van der Waals surface area (Å²) in [4.78, 5) is 36.6. The van der Waals surface area contributed by atoms with E-state index >= 15 is 0 Å². The first-order valence-corrected chi connectivity index (χ1v) is 10.3.